The highest BCUT2D eigenvalue weighted by atomic mass is 16.2. The van der Waals surface area contributed by atoms with E-state index >= 15 is 0 Å². The maximum Gasteiger partial charge on any atom is 0.248 e. The van der Waals surface area contributed by atoms with Crippen molar-refractivity contribution in [1.29, 1.82) is 0 Å². The molecule has 0 radical (unpaired) electrons. The number of nitrogens with one attached hydrogen (secondary N) is 2. The summed E-state index contributed by atoms with van der Waals surface area (Å²) >= 11 is 0. The first-order chi connectivity index (χ1) is 9.19. The van der Waals surface area contributed by atoms with Gasteiger partial charge in [-0.25, -0.2) is 0 Å². The SMILES string of the molecule is CC(NCc1ccc(C(N)=O)cc1)C(=O)NC(C)(C)C. The van der Waals surface area contributed by atoms with E-state index < -0.39 is 5.91 Å². The monoisotopic (exact) mass is 277 g/mol. The Balaban J connectivity index is 2.50. The largest absolute Gasteiger partial charge is 0.366 e. The summed E-state index contributed by atoms with van der Waals surface area (Å²) in [4.78, 5) is 22.8. The van der Waals surface area contributed by atoms with Crippen LogP contribution in [0.1, 0.15) is 43.6 Å². The van der Waals surface area contributed by atoms with Crippen molar-refractivity contribution in [3.05, 3.63) is 35.4 Å². The molecular weight excluding hydrogens is 254 g/mol. The van der Waals surface area contributed by atoms with E-state index in [1.54, 1.807) is 12.1 Å². The zero-order chi connectivity index (χ0) is 15.3. The van der Waals surface area contributed by atoms with Crippen LogP contribution < -0.4 is 16.4 Å². The lowest BCUT2D eigenvalue weighted by Crippen LogP contribution is -2.49. The van der Waals surface area contributed by atoms with Crippen LogP contribution in [0, 0.1) is 0 Å². The minimum atomic E-state index is -0.442. The second-order valence-corrected chi connectivity index (χ2v) is 5.90. The molecular formula is C15H23N3O2. The molecule has 0 aliphatic carbocycles. The molecule has 0 saturated heterocycles. The number of hydrogen-bond acceptors (Lipinski definition) is 3. The van der Waals surface area contributed by atoms with Gasteiger partial charge in [0, 0.05) is 17.6 Å². The fourth-order valence-electron chi connectivity index (χ4n) is 1.63. The Labute approximate surface area is 119 Å². The average Bonchev–Trinajstić information content (AvgIpc) is 2.34. The molecule has 0 aliphatic heterocycles. The van der Waals surface area contributed by atoms with Gasteiger partial charge in [-0.15, -0.1) is 0 Å². The molecule has 20 heavy (non-hydrogen) atoms. The molecule has 0 aromatic heterocycles. The van der Waals surface area contributed by atoms with Gasteiger partial charge in [0.05, 0.1) is 6.04 Å². The molecule has 1 aromatic rings. The first-order valence-corrected chi connectivity index (χ1v) is 6.63. The van der Waals surface area contributed by atoms with Crippen LogP contribution in [0.3, 0.4) is 0 Å². The third-order valence-electron chi connectivity index (χ3n) is 2.74. The van der Waals surface area contributed by atoms with E-state index in [0.717, 1.165) is 5.56 Å². The molecule has 0 fully saturated rings. The van der Waals surface area contributed by atoms with Crippen molar-refractivity contribution in [1.82, 2.24) is 10.6 Å². The fourth-order valence-corrected chi connectivity index (χ4v) is 1.63. The van der Waals surface area contributed by atoms with Crippen LogP contribution in [0.25, 0.3) is 0 Å². The van der Waals surface area contributed by atoms with Gasteiger partial charge in [0.2, 0.25) is 11.8 Å². The Kier molecular flexibility index (Phi) is 5.27. The molecule has 4 N–H and O–H groups in total. The van der Waals surface area contributed by atoms with Crippen LogP contribution in [0.5, 0.6) is 0 Å². The zero-order valence-electron chi connectivity index (χ0n) is 12.5. The van der Waals surface area contributed by atoms with E-state index in [0.29, 0.717) is 12.1 Å². The number of amides is 2. The lowest BCUT2D eigenvalue weighted by atomic mass is 10.1. The van der Waals surface area contributed by atoms with E-state index in [2.05, 4.69) is 10.6 Å². The van der Waals surface area contributed by atoms with Gasteiger partial charge in [0.15, 0.2) is 0 Å². The second kappa shape index (κ2) is 6.52. The Bertz CT molecular complexity index is 475. The van der Waals surface area contributed by atoms with E-state index in [1.807, 2.05) is 39.8 Å². The van der Waals surface area contributed by atoms with Crippen molar-refractivity contribution in [3.8, 4) is 0 Å². The predicted octanol–water partition coefficient (Wildman–Crippen LogP) is 1.18. The molecule has 1 atom stereocenters. The molecule has 0 spiro atoms. The van der Waals surface area contributed by atoms with Gasteiger partial charge in [-0.1, -0.05) is 12.1 Å². The standard InChI is InChI=1S/C15H23N3O2/c1-10(14(20)18-15(2,3)4)17-9-11-5-7-12(8-6-11)13(16)19/h5-8,10,17H,9H2,1-4H3,(H2,16,19)(H,18,20). The van der Waals surface area contributed by atoms with Crippen molar-refractivity contribution in [2.45, 2.75) is 45.8 Å². The van der Waals surface area contributed by atoms with Crippen LogP contribution in [-0.2, 0) is 11.3 Å². The molecule has 0 heterocycles. The van der Waals surface area contributed by atoms with E-state index in [9.17, 15) is 9.59 Å². The maximum atomic E-state index is 11.9. The first-order valence-electron chi connectivity index (χ1n) is 6.63. The maximum absolute atomic E-state index is 11.9. The highest BCUT2D eigenvalue weighted by molar-refractivity contribution is 5.92. The summed E-state index contributed by atoms with van der Waals surface area (Å²) in [5.41, 5.74) is 6.41. The van der Waals surface area contributed by atoms with Gasteiger partial charge in [0.1, 0.15) is 0 Å². The van der Waals surface area contributed by atoms with Crippen molar-refractivity contribution in [2.24, 2.45) is 5.73 Å². The van der Waals surface area contributed by atoms with Crippen molar-refractivity contribution in [2.75, 3.05) is 0 Å². The number of carbonyl (C=O) groups is 2. The number of nitrogens with two attached hydrogens (primary N) is 1. The Morgan fingerprint density at radius 3 is 2.20 bits per heavy atom. The third-order valence-corrected chi connectivity index (χ3v) is 2.74. The summed E-state index contributed by atoms with van der Waals surface area (Å²) in [6.07, 6.45) is 0. The molecule has 0 aliphatic rings. The fraction of sp³-hybridized carbons (Fsp3) is 0.467. The van der Waals surface area contributed by atoms with Gasteiger partial charge in [-0.3, -0.25) is 9.59 Å². The van der Waals surface area contributed by atoms with E-state index in [4.69, 9.17) is 5.73 Å². The van der Waals surface area contributed by atoms with Gasteiger partial charge in [-0.05, 0) is 45.4 Å². The van der Waals surface area contributed by atoms with Crippen molar-refractivity contribution < 1.29 is 9.59 Å². The lowest BCUT2D eigenvalue weighted by Gasteiger charge is -2.23. The topological polar surface area (TPSA) is 84.2 Å². The third kappa shape index (κ3) is 5.40. The van der Waals surface area contributed by atoms with Crippen LogP contribution >= 0.6 is 0 Å². The molecule has 0 saturated carbocycles. The lowest BCUT2D eigenvalue weighted by molar-refractivity contribution is -0.124. The minimum absolute atomic E-state index is 0.0359. The number of carbonyl (C=O) groups excluding carboxylic acids is 2. The Hall–Kier alpha value is -1.88. The molecule has 0 bridgehead atoms. The van der Waals surface area contributed by atoms with Crippen LogP contribution in [0.2, 0.25) is 0 Å². The molecule has 5 nitrogen and oxygen atoms in total. The summed E-state index contributed by atoms with van der Waals surface area (Å²) in [6, 6.07) is 6.71. The van der Waals surface area contributed by atoms with Crippen molar-refractivity contribution in [3.63, 3.8) is 0 Å². The predicted molar refractivity (Wildman–Crippen MR) is 79.2 cm³/mol. The van der Waals surface area contributed by atoms with Crippen LogP contribution in [0.15, 0.2) is 24.3 Å². The highest BCUT2D eigenvalue weighted by Gasteiger charge is 2.18. The zero-order valence-corrected chi connectivity index (χ0v) is 12.5. The van der Waals surface area contributed by atoms with Gasteiger partial charge >= 0.3 is 0 Å². The number of hydrogen-bond donors (Lipinski definition) is 3. The average molecular weight is 277 g/mol. The summed E-state index contributed by atoms with van der Waals surface area (Å²) in [6.45, 7) is 8.21. The molecule has 110 valence electrons. The quantitative estimate of drug-likeness (QED) is 0.755. The normalized spacial score (nSPS) is 12.8. The number of benzene rings is 1. The molecule has 1 rings (SSSR count). The van der Waals surface area contributed by atoms with Crippen LogP contribution in [0.4, 0.5) is 0 Å². The minimum Gasteiger partial charge on any atom is -0.366 e. The first kappa shape index (κ1) is 16.2. The summed E-state index contributed by atoms with van der Waals surface area (Å²) in [5.74, 6) is -0.478. The smallest absolute Gasteiger partial charge is 0.248 e. The molecule has 2 amide bonds. The summed E-state index contributed by atoms with van der Waals surface area (Å²) < 4.78 is 0. The Morgan fingerprint density at radius 1 is 1.20 bits per heavy atom. The number of rotatable bonds is 5. The summed E-state index contributed by atoms with van der Waals surface area (Å²) in [5, 5.41) is 6.06. The summed E-state index contributed by atoms with van der Waals surface area (Å²) in [7, 11) is 0. The van der Waals surface area contributed by atoms with E-state index in [-0.39, 0.29) is 17.5 Å². The van der Waals surface area contributed by atoms with Gasteiger partial charge in [0.25, 0.3) is 0 Å². The highest BCUT2D eigenvalue weighted by Crippen LogP contribution is 2.04. The molecule has 5 heteroatoms. The molecule has 1 aromatic carbocycles. The van der Waals surface area contributed by atoms with Crippen molar-refractivity contribution >= 4 is 11.8 Å². The van der Waals surface area contributed by atoms with Gasteiger partial charge in [-0.2, -0.15) is 0 Å². The van der Waals surface area contributed by atoms with E-state index in [1.165, 1.54) is 0 Å². The second-order valence-electron chi connectivity index (χ2n) is 5.90. The number of primary amides is 1. The van der Waals surface area contributed by atoms with Crippen LogP contribution in [-0.4, -0.2) is 23.4 Å². The van der Waals surface area contributed by atoms with Gasteiger partial charge < -0.3 is 16.4 Å². The molecule has 1 unspecified atom stereocenters. The Morgan fingerprint density at radius 2 is 1.75 bits per heavy atom.